The molecule has 2 aromatic heterocycles. The fraction of sp³-hybridized carbons (Fsp3) is 0. The topological polar surface area (TPSA) is 38.7 Å². The Morgan fingerprint density at radius 1 is 0.167 bits per heavy atom. The van der Waals surface area contributed by atoms with E-state index in [-0.39, 0.29) is 0 Å². The molecule has 0 N–H and O–H groups in total. The Morgan fingerprint density at radius 3 is 0.736 bits per heavy atom. The van der Waals surface area contributed by atoms with Crippen molar-refractivity contribution in [2.45, 2.75) is 0 Å². The lowest BCUT2D eigenvalue weighted by Gasteiger charge is -2.23. The van der Waals surface area contributed by atoms with Gasteiger partial charge >= 0.3 is 0 Å². The summed E-state index contributed by atoms with van der Waals surface area (Å²) in [6.07, 6.45) is 0. The highest BCUT2D eigenvalue weighted by molar-refractivity contribution is 6.05. The van der Waals surface area contributed by atoms with Crippen LogP contribution in [0.3, 0.4) is 0 Å². The molecule has 72 heavy (non-hydrogen) atoms. The first-order chi connectivity index (χ1) is 35.7. The number of rotatable bonds is 11. The molecule has 0 radical (unpaired) electrons. The van der Waals surface area contributed by atoms with Crippen LogP contribution in [0.4, 0.5) is 0 Å². The summed E-state index contributed by atoms with van der Waals surface area (Å²) in [5, 5.41) is 0. The minimum atomic E-state index is 0.673. The van der Waals surface area contributed by atoms with Gasteiger partial charge in [-0.1, -0.05) is 279 Å². The van der Waals surface area contributed by atoms with E-state index in [1.165, 1.54) is 11.1 Å². The Hall–Kier alpha value is -9.57. The van der Waals surface area contributed by atoms with Gasteiger partial charge in [-0.2, -0.15) is 0 Å². The summed E-state index contributed by atoms with van der Waals surface area (Å²) in [6, 6.07) is 101. The van der Waals surface area contributed by atoms with Gasteiger partial charge in [0.05, 0.1) is 22.8 Å². The molecule has 12 aromatic rings. The number of nitrogens with zero attached hydrogens (tertiary/aromatic N) is 3. The summed E-state index contributed by atoms with van der Waals surface area (Å²) in [5.74, 6) is 0.673. The van der Waals surface area contributed by atoms with E-state index in [1.54, 1.807) is 0 Å². The molecule has 3 nitrogen and oxygen atoms in total. The summed E-state index contributed by atoms with van der Waals surface area (Å²) in [4.78, 5) is 16.1. The van der Waals surface area contributed by atoms with Crippen LogP contribution in [-0.2, 0) is 0 Å². The summed E-state index contributed by atoms with van der Waals surface area (Å²) in [5.41, 5.74) is 22.3. The van der Waals surface area contributed by atoms with E-state index < -0.39 is 0 Å². The molecule has 10 aromatic carbocycles. The van der Waals surface area contributed by atoms with Gasteiger partial charge in [-0.05, 0) is 56.1 Å². The number of hydrogen-bond donors (Lipinski definition) is 0. The zero-order valence-electron chi connectivity index (χ0n) is 39.5. The van der Waals surface area contributed by atoms with Crippen LogP contribution in [0.5, 0.6) is 0 Å². The third kappa shape index (κ3) is 8.95. The first-order valence-electron chi connectivity index (χ1n) is 24.4. The predicted octanol–water partition coefficient (Wildman–Crippen LogP) is 18.2. The van der Waals surface area contributed by atoms with E-state index in [0.29, 0.717) is 5.82 Å². The molecule has 0 aliphatic heterocycles. The molecule has 338 valence electrons. The summed E-state index contributed by atoms with van der Waals surface area (Å²) >= 11 is 0. The van der Waals surface area contributed by atoms with Crippen LogP contribution in [-0.4, -0.2) is 15.0 Å². The minimum Gasteiger partial charge on any atom is -0.246 e. The van der Waals surface area contributed by atoms with Gasteiger partial charge in [0.15, 0.2) is 5.82 Å². The highest BCUT2D eigenvalue weighted by Crippen LogP contribution is 2.49. The molecule has 0 aliphatic carbocycles. The molecule has 3 heteroatoms. The van der Waals surface area contributed by atoms with Crippen molar-refractivity contribution in [1.29, 1.82) is 0 Å². The molecular formula is C69H47N3. The second-order valence-electron chi connectivity index (χ2n) is 17.9. The standard InChI is InChI=1S/C69H47N3/c1-7-19-48(20-8-1)50-31-39-54(40-32-50)62-47-63(55-41-33-51(34-42-55)49-21-9-2-10-22-49)71-69(70-62)61-45-37-53(38-46-61)52-35-43-58(44-36-52)64-65(56-23-11-3-12-24-56)67(59-27-15-5-16-28-59)72-68(60-29-17-6-18-30-60)66(64)57-25-13-4-14-26-57/h1-47H. The van der Waals surface area contributed by atoms with Gasteiger partial charge in [-0.15, -0.1) is 0 Å². The van der Waals surface area contributed by atoms with Crippen LogP contribution in [0.25, 0.3) is 123 Å². The third-order valence-corrected chi connectivity index (χ3v) is 13.4. The average molecular weight is 918 g/mol. The molecular weight excluding hydrogens is 871 g/mol. The maximum atomic E-state index is 5.61. The van der Waals surface area contributed by atoms with E-state index >= 15 is 0 Å². The monoisotopic (exact) mass is 917 g/mol. The molecule has 0 unspecified atom stereocenters. The van der Waals surface area contributed by atoms with Crippen molar-refractivity contribution < 1.29 is 0 Å². The Bertz CT molecular complexity index is 3550. The van der Waals surface area contributed by atoms with E-state index in [1.807, 2.05) is 12.1 Å². The van der Waals surface area contributed by atoms with Crippen molar-refractivity contribution in [3.8, 4) is 123 Å². The third-order valence-electron chi connectivity index (χ3n) is 13.4. The van der Waals surface area contributed by atoms with Crippen molar-refractivity contribution in [2.75, 3.05) is 0 Å². The van der Waals surface area contributed by atoms with Gasteiger partial charge in [0.1, 0.15) is 0 Å². The van der Waals surface area contributed by atoms with Crippen molar-refractivity contribution >= 4 is 0 Å². The van der Waals surface area contributed by atoms with Gasteiger partial charge in [0.2, 0.25) is 0 Å². The van der Waals surface area contributed by atoms with E-state index in [2.05, 4.69) is 273 Å². The fourth-order valence-corrected chi connectivity index (χ4v) is 9.70. The first kappa shape index (κ1) is 43.7. The van der Waals surface area contributed by atoms with E-state index in [0.717, 1.165) is 106 Å². The maximum absolute atomic E-state index is 5.61. The maximum Gasteiger partial charge on any atom is 0.160 e. The molecule has 0 amide bonds. The molecule has 2 heterocycles. The zero-order valence-corrected chi connectivity index (χ0v) is 39.5. The van der Waals surface area contributed by atoms with Crippen LogP contribution in [0, 0.1) is 0 Å². The van der Waals surface area contributed by atoms with Crippen LogP contribution < -0.4 is 0 Å². The summed E-state index contributed by atoms with van der Waals surface area (Å²) in [7, 11) is 0. The quantitative estimate of drug-likeness (QED) is 0.130. The van der Waals surface area contributed by atoms with Gasteiger partial charge in [0.25, 0.3) is 0 Å². The molecule has 0 aliphatic rings. The van der Waals surface area contributed by atoms with Crippen LogP contribution in [0.2, 0.25) is 0 Å². The second-order valence-corrected chi connectivity index (χ2v) is 17.9. The normalized spacial score (nSPS) is 11.1. The SMILES string of the molecule is c1ccc(-c2ccc(-c3cc(-c4ccc(-c5ccccc5)cc4)nc(-c4ccc(-c5ccc(-c6c(-c7ccccc7)c(-c7ccccc7)nc(-c7ccccc7)c6-c6ccccc6)cc5)cc4)n3)cc2)cc1. The number of hydrogen-bond acceptors (Lipinski definition) is 3. The second kappa shape index (κ2) is 19.8. The fourth-order valence-electron chi connectivity index (χ4n) is 9.70. The first-order valence-corrected chi connectivity index (χ1v) is 24.4. The van der Waals surface area contributed by atoms with Crippen LogP contribution >= 0.6 is 0 Å². The van der Waals surface area contributed by atoms with Crippen molar-refractivity contribution in [3.05, 3.63) is 285 Å². The largest absolute Gasteiger partial charge is 0.246 e. The van der Waals surface area contributed by atoms with Gasteiger partial charge in [-0.3, -0.25) is 0 Å². The number of aromatic nitrogens is 3. The molecule has 12 rings (SSSR count). The summed E-state index contributed by atoms with van der Waals surface area (Å²) < 4.78 is 0. The van der Waals surface area contributed by atoms with Crippen molar-refractivity contribution in [2.24, 2.45) is 0 Å². The highest BCUT2D eigenvalue weighted by atomic mass is 14.9. The molecule has 0 atom stereocenters. The number of benzene rings is 10. The number of pyridine rings is 1. The zero-order chi connectivity index (χ0) is 48.1. The Morgan fingerprint density at radius 2 is 0.403 bits per heavy atom. The summed E-state index contributed by atoms with van der Waals surface area (Å²) in [6.45, 7) is 0. The molecule has 0 fully saturated rings. The average Bonchev–Trinajstić information content (AvgIpc) is 3.48. The Balaban J connectivity index is 0.946. The lowest BCUT2D eigenvalue weighted by Crippen LogP contribution is -2.01. The minimum absolute atomic E-state index is 0.673. The smallest absolute Gasteiger partial charge is 0.160 e. The lowest BCUT2D eigenvalue weighted by molar-refractivity contribution is 1.18. The van der Waals surface area contributed by atoms with Crippen molar-refractivity contribution in [1.82, 2.24) is 15.0 Å². The molecule has 0 spiro atoms. The highest BCUT2D eigenvalue weighted by Gasteiger charge is 2.25. The lowest BCUT2D eigenvalue weighted by atomic mass is 9.83. The Labute approximate surface area is 421 Å². The van der Waals surface area contributed by atoms with Gasteiger partial charge < -0.3 is 0 Å². The van der Waals surface area contributed by atoms with Crippen LogP contribution in [0.15, 0.2) is 285 Å². The van der Waals surface area contributed by atoms with Crippen molar-refractivity contribution in [3.63, 3.8) is 0 Å². The van der Waals surface area contributed by atoms with Gasteiger partial charge in [-0.25, -0.2) is 15.0 Å². The predicted molar refractivity (Wildman–Crippen MR) is 300 cm³/mol. The molecule has 0 bridgehead atoms. The van der Waals surface area contributed by atoms with Gasteiger partial charge in [0, 0.05) is 44.5 Å². The molecule has 0 saturated heterocycles. The Kier molecular flexibility index (Phi) is 12.0. The molecule has 0 saturated carbocycles. The van der Waals surface area contributed by atoms with Crippen LogP contribution in [0.1, 0.15) is 0 Å². The van der Waals surface area contributed by atoms with E-state index in [9.17, 15) is 0 Å². The van der Waals surface area contributed by atoms with E-state index in [4.69, 9.17) is 15.0 Å².